The molecule has 0 aliphatic carbocycles. The Hall–Kier alpha value is -2.14. The van der Waals surface area contributed by atoms with Gasteiger partial charge in [-0.2, -0.15) is 0 Å². The SMILES string of the molecule is Cc1ccc2ncc(CNCC3CCc4nccn4C3)n2c1. The van der Waals surface area contributed by atoms with E-state index in [4.69, 9.17) is 0 Å². The molecule has 1 atom stereocenters. The Labute approximate surface area is 130 Å². The van der Waals surface area contributed by atoms with Crippen molar-refractivity contribution in [1.82, 2.24) is 24.3 Å². The monoisotopic (exact) mass is 295 g/mol. The van der Waals surface area contributed by atoms with Gasteiger partial charge < -0.3 is 14.3 Å². The van der Waals surface area contributed by atoms with Gasteiger partial charge in [0.05, 0.1) is 11.9 Å². The molecule has 0 radical (unpaired) electrons. The van der Waals surface area contributed by atoms with E-state index in [-0.39, 0.29) is 0 Å². The molecule has 1 aliphatic rings. The normalized spacial score (nSPS) is 17.8. The molecule has 3 aromatic heterocycles. The zero-order valence-corrected chi connectivity index (χ0v) is 12.9. The number of aromatic nitrogens is 4. The fourth-order valence-corrected chi connectivity index (χ4v) is 3.28. The molecule has 4 rings (SSSR count). The minimum atomic E-state index is 0.683. The lowest BCUT2D eigenvalue weighted by Crippen LogP contribution is -2.30. The Morgan fingerprint density at radius 3 is 3.23 bits per heavy atom. The molecule has 0 saturated heterocycles. The molecule has 0 bridgehead atoms. The van der Waals surface area contributed by atoms with Crippen LogP contribution >= 0.6 is 0 Å². The molecule has 0 aromatic carbocycles. The Balaban J connectivity index is 1.38. The summed E-state index contributed by atoms with van der Waals surface area (Å²) < 4.78 is 4.46. The Bertz CT molecular complexity index is 785. The van der Waals surface area contributed by atoms with Crippen molar-refractivity contribution in [2.45, 2.75) is 32.9 Å². The summed E-state index contributed by atoms with van der Waals surface area (Å²) in [6, 6.07) is 4.17. The number of fused-ring (bicyclic) bond motifs is 2. The van der Waals surface area contributed by atoms with Gasteiger partial charge in [-0.05, 0) is 30.9 Å². The highest BCUT2D eigenvalue weighted by atomic mass is 15.1. The number of nitrogens with zero attached hydrogens (tertiary/aromatic N) is 4. The molecule has 0 fully saturated rings. The zero-order valence-electron chi connectivity index (χ0n) is 12.9. The van der Waals surface area contributed by atoms with Crippen LogP contribution in [0.1, 0.15) is 23.5 Å². The summed E-state index contributed by atoms with van der Waals surface area (Å²) in [7, 11) is 0. The second-order valence-electron chi connectivity index (χ2n) is 6.22. The second kappa shape index (κ2) is 5.57. The van der Waals surface area contributed by atoms with Crippen LogP contribution in [0.3, 0.4) is 0 Å². The van der Waals surface area contributed by atoms with Crippen LogP contribution in [0.4, 0.5) is 0 Å². The smallest absolute Gasteiger partial charge is 0.136 e. The molecule has 4 heterocycles. The van der Waals surface area contributed by atoms with E-state index in [1.807, 2.05) is 12.4 Å². The lowest BCUT2D eigenvalue weighted by molar-refractivity contribution is 0.347. The summed E-state index contributed by atoms with van der Waals surface area (Å²) in [6.07, 6.45) is 10.4. The van der Waals surface area contributed by atoms with Crippen molar-refractivity contribution in [3.8, 4) is 0 Å². The number of rotatable bonds is 4. The van der Waals surface area contributed by atoms with Gasteiger partial charge in [-0.3, -0.25) is 0 Å². The summed E-state index contributed by atoms with van der Waals surface area (Å²) in [5.74, 6) is 1.91. The van der Waals surface area contributed by atoms with E-state index in [1.165, 1.54) is 23.5 Å². The standard InChI is InChI=1S/C17H21N5/c1-13-2-4-17-20-10-15(22(17)11-13)9-18-8-14-3-5-16-19-6-7-21(16)12-14/h2,4,6-7,10-11,14,18H,3,5,8-9,12H2,1H3. The van der Waals surface area contributed by atoms with E-state index in [0.717, 1.165) is 31.7 Å². The van der Waals surface area contributed by atoms with Gasteiger partial charge in [0, 0.05) is 44.6 Å². The maximum absolute atomic E-state index is 4.46. The van der Waals surface area contributed by atoms with E-state index >= 15 is 0 Å². The first kappa shape index (κ1) is 13.5. The van der Waals surface area contributed by atoms with Crippen LogP contribution in [0, 0.1) is 12.8 Å². The van der Waals surface area contributed by atoms with Gasteiger partial charge in [0.1, 0.15) is 11.5 Å². The number of imidazole rings is 2. The highest BCUT2D eigenvalue weighted by molar-refractivity contribution is 5.41. The first-order chi connectivity index (χ1) is 10.8. The number of hydrogen-bond acceptors (Lipinski definition) is 3. The van der Waals surface area contributed by atoms with Crippen LogP contribution < -0.4 is 5.32 Å². The van der Waals surface area contributed by atoms with Crippen LogP contribution in [-0.4, -0.2) is 25.5 Å². The van der Waals surface area contributed by atoms with Gasteiger partial charge in [-0.25, -0.2) is 9.97 Å². The van der Waals surface area contributed by atoms with Crippen molar-refractivity contribution < 1.29 is 0 Å². The average Bonchev–Trinajstić information content (AvgIpc) is 3.13. The lowest BCUT2D eigenvalue weighted by Gasteiger charge is -2.24. The second-order valence-corrected chi connectivity index (χ2v) is 6.22. The van der Waals surface area contributed by atoms with E-state index < -0.39 is 0 Å². The zero-order chi connectivity index (χ0) is 14.9. The van der Waals surface area contributed by atoms with Crippen LogP contribution in [0.25, 0.3) is 5.65 Å². The number of nitrogens with one attached hydrogen (secondary N) is 1. The van der Waals surface area contributed by atoms with Crippen molar-refractivity contribution in [3.05, 3.63) is 54.0 Å². The molecule has 0 saturated carbocycles. The maximum atomic E-state index is 4.46. The maximum Gasteiger partial charge on any atom is 0.136 e. The van der Waals surface area contributed by atoms with Crippen LogP contribution in [0.5, 0.6) is 0 Å². The van der Waals surface area contributed by atoms with E-state index in [2.05, 4.69) is 55.7 Å². The Morgan fingerprint density at radius 1 is 1.32 bits per heavy atom. The summed E-state index contributed by atoms with van der Waals surface area (Å²) in [5.41, 5.74) is 3.49. The number of hydrogen-bond donors (Lipinski definition) is 1. The fraction of sp³-hybridized carbons (Fsp3) is 0.412. The number of pyridine rings is 1. The molecule has 1 unspecified atom stereocenters. The number of aryl methyl sites for hydroxylation is 2. The Morgan fingerprint density at radius 2 is 2.27 bits per heavy atom. The van der Waals surface area contributed by atoms with E-state index in [9.17, 15) is 0 Å². The first-order valence-electron chi connectivity index (χ1n) is 7.93. The molecule has 1 N–H and O–H groups in total. The molecule has 5 heteroatoms. The van der Waals surface area contributed by atoms with Gasteiger partial charge in [-0.15, -0.1) is 0 Å². The minimum Gasteiger partial charge on any atom is -0.335 e. The van der Waals surface area contributed by atoms with Crippen LogP contribution in [0.15, 0.2) is 36.9 Å². The van der Waals surface area contributed by atoms with Crippen molar-refractivity contribution in [2.24, 2.45) is 5.92 Å². The predicted molar refractivity (Wildman–Crippen MR) is 85.7 cm³/mol. The van der Waals surface area contributed by atoms with E-state index in [0.29, 0.717) is 5.92 Å². The Kier molecular flexibility index (Phi) is 3.42. The summed E-state index contributed by atoms with van der Waals surface area (Å²) >= 11 is 0. The van der Waals surface area contributed by atoms with Crippen molar-refractivity contribution in [1.29, 1.82) is 0 Å². The molecule has 5 nitrogen and oxygen atoms in total. The van der Waals surface area contributed by atoms with E-state index in [1.54, 1.807) is 0 Å². The van der Waals surface area contributed by atoms with Crippen LogP contribution in [0.2, 0.25) is 0 Å². The van der Waals surface area contributed by atoms with Crippen molar-refractivity contribution in [2.75, 3.05) is 6.54 Å². The largest absolute Gasteiger partial charge is 0.335 e. The summed E-state index contributed by atoms with van der Waals surface area (Å²) in [6.45, 7) is 5.09. The average molecular weight is 295 g/mol. The highest BCUT2D eigenvalue weighted by Gasteiger charge is 2.18. The first-order valence-corrected chi connectivity index (χ1v) is 7.93. The molecule has 114 valence electrons. The topological polar surface area (TPSA) is 47.2 Å². The summed E-state index contributed by atoms with van der Waals surface area (Å²) in [4.78, 5) is 8.84. The van der Waals surface area contributed by atoms with Gasteiger partial charge in [0.15, 0.2) is 0 Å². The predicted octanol–water partition coefficient (Wildman–Crippen LogP) is 2.19. The quantitative estimate of drug-likeness (QED) is 0.802. The fourth-order valence-electron chi connectivity index (χ4n) is 3.28. The minimum absolute atomic E-state index is 0.683. The third-order valence-corrected chi connectivity index (χ3v) is 4.50. The molecule has 3 aromatic rings. The van der Waals surface area contributed by atoms with Gasteiger partial charge in [-0.1, -0.05) is 6.07 Å². The van der Waals surface area contributed by atoms with Gasteiger partial charge >= 0.3 is 0 Å². The third kappa shape index (κ3) is 2.52. The molecular weight excluding hydrogens is 274 g/mol. The molecule has 0 amide bonds. The third-order valence-electron chi connectivity index (χ3n) is 4.50. The molecular formula is C17H21N5. The molecule has 1 aliphatic heterocycles. The van der Waals surface area contributed by atoms with Crippen molar-refractivity contribution in [3.63, 3.8) is 0 Å². The van der Waals surface area contributed by atoms with Gasteiger partial charge in [0.25, 0.3) is 0 Å². The van der Waals surface area contributed by atoms with Gasteiger partial charge in [0.2, 0.25) is 0 Å². The molecule has 0 spiro atoms. The lowest BCUT2D eigenvalue weighted by atomic mass is 9.99. The summed E-state index contributed by atoms with van der Waals surface area (Å²) in [5, 5.41) is 3.60. The van der Waals surface area contributed by atoms with Crippen LogP contribution in [-0.2, 0) is 19.5 Å². The highest BCUT2D eigenvalue weighted by Crippen LogP contribution is 2.18. The van der Waals surface area contributed by atoms with Crippen molar-refractivity contribution >= 4 is 5.65 Å². The molecule has 22 heavy (non-hydrogen) atoms.